The van der Waals surface area contributed by atoms with Gasteiger partial charge in [-0.25, -0.2) is 0 Å². The van der Waals surface area contributed by atoms with Crippen molar-refractivity contribution in [2.45, 2.75) is 31.7 Å². The fraction of sp³-hybridized carbons (Fsp3) is 0.538. The molecule has 1 N–H and O–H groups in total. The molecule has 0 radical (unpaired) electrons. The van der Waals surface area contributed by atoms with Gasteiger partial charge >= 0.3 is 0 Å². The molecule has 0 aliphatic carbocycles. The Morgan fingerprint density at radius 3 is 2.60 bits per heavy atom. The van der Waals surface area contributed by atoms with Crippen molar-refractivity contribution in [3.8, 4) is 0 Å². The van der Waals surface area contributed by atoms with Crippen LogP contribution in [-0.2, 0) is 0 Å². The van der Waals surface area contributed by atoms with E-state index in [0.717, 1.165) is 5.92 Å². The van der Waals surface area contributed by atoms with Crippen LogP contribution in [0.3, 0.4) is 0 Å². The molecule has 1 nitrogen and oxygen atoms in total. The molecule has 0 saturated heterocycles. The van der Waals surface area contributed by atoms with Crippen LogP contribution in [0.4, 0.5) is 0 Å². The number of benzene rings is 1. The smallest absolute Gasteiger partial charge is 0.0289 e. The molecule has 1 rings (SSSR count). The van der Waals surface area contributed by atoms with Crippen LogP contribution in [0.25, 0.3) is 0 Å². The first-order valence-electron chi connectivity index (χ1n) is 5.53. The molecule has 0 aromatic heterocycles. The highest BCUT2D eigenvalue weighted by molar-refractivity contribution is 7.99. The molecule has 1 aromatic carbocycles. The summed E-state index contributed by atoms with van der Waals surface area (Å²) >= 11 is 1.94. The van der Waals surface area contributed by atoms with E-state index < -0.39 is 0 Å². The summed E-state index contributed by atoms with van der Waals surface area (Å²) in [6.45, 7) is 6.70. The van der Waals surface area contributed by atoms with E-state index in [4.69, 9.17) is 0 Å². The molecule has 15 heavy (non-hydrogen) atoms. The summed E-state index contributed by atoms with van der Waals surface area (Å²) in [7, 11) is 2.00. The van der Waals surface area contributed by atoms with Crippen LogP contribution < -0.4 is 5.32 Å². The van der Waals surface area contributed by atoms with Crippen molar-refractivity contribution < 1.29 is 0 Å². The number of hydrogen-bond acceptors (Lipinski definition) is 2. The fourth-order valence-corrected chi connectivity index (χ4v) is 2.22. The van der Waals surface area contributed by atoms with Crippen molar-refractivity contribution in [2.24, 2.45) is 5.92 Å². The molecular formula is C13H21NS. The second-order valence-electron chi connectivity index (χ2n) is 4.29. The minimum atomic E-state index is 0.435. The predicted octanol–water partition coefficient (Wildman–Crippen LogP) is 3.72. The van der Waals surface area contributed by atoms with E-state index in [1.165, 1.54) is 16.2 Å². The van der Waals surface area contributed by atoms with Crippen LogP contribution >= 0.6 is 11.8 Å². The van der Waals surface area contributed by atoms with Gasteiger partial charge in [0.15, 0.2) is 0 Å². The molecule has 0 aliphatic heterocycles. The first-order chi connectivity index (χ1) is 7.13. The van der Waals surface area contributed by atoms with E-state index >= 15 is 0 Å². The average molecular weight is 223 g/mol. The minimum Gasteiger partial charge on any atom is -0.313 e. The van der Waals surface area contributed by atoms with Gasteiger partial charge in [0.1, 0.15) is 0 Å². The zero-order chi connectivity index (χ0) is 11.3. The number of hydrogen-bond donors (Lipinski definition) is 1. The number of thioether (sulfide) groups is 1. The molecular weight excluding hydrogens is 202 g/mol. The van der Waals surface area contributed by atoms with Gasteiger partial charge in [0.25, 0.3) is 0 Å². The van der Waals surface area contributed by atoms with Crippen molar-refractivity contribution in [2.75, 3.05) is 12.8 Å². The van der Waals surface area contributed by atoms with E-state index in [1.54, 1.807) is 0 Å². The van der Waals surface area contributed by atoms with E-state index in [9.17, 15) is 0 Å². The number of nitrogens with one attached hydrogen (secondary N) is 1. The molecule has 0 aliphatic rings. The van der Waals surface area contributed by atoms with E-state index in [2.05, 4.69) is 50.4 Å². The molecule has 84 valence electrons. The summed E-state index contributed by atoms with van der Waals surface area (Å²) in [6, 6.07) is 9.24. The number of rotatable bonds is 5. The average Bonchev–Trinajstić information content (AvgIpc) is 2.25. The fourth-order valence-electron chi connectivity index (χ4n) is 1.30. The second-order valence-corrected chi connectivity index (χ2v) is 5.38. The maximum atomic E-state index is 3.26. The Morgan fingerprint density at radius 2 is 2.00 bits per heavy atom. The normalized spacial score (nSPS) is 13.1. The third-order valence-electron chi connectivity index (χ3n) is 2.37. The van der Waals surface area contributed by atoms with Crippen molar-refractivity contribution in [3.63, 3.8) is 0 Å². The molecule has 2 heteroatoms. The molecule has 1 unspecified atom stereocenters. The van der Waals surface area contributed by atoms with Gasteiger partial charge in [-0.3, -0.25) is 0 Å². The summed E-state index contributed by atoms with van der Waals surface area (Å²) in [5.41, 5.74) is 1.37. The van der Waals surface area contributed by atoms with Gasteiger partial charge in [-0.2, -0.15) is 0 Å². The summed E-state index contributed by atoms with van der Waals surface area (Å²) in [6.07, 6.45) is 0. The van der Waals surface area contributed by atoms with Crippen LogP contribution in [0, 0.1) is 5.92 Å². The third kappa shape index (κ3) is 4.27. The summed E-state index contributed by atoms with van der Waals surface area (Å²) in [5, 5.41) is 3.26. The Balaban J connectivity index is 2.65. The first-order valence-corrected chi connectivity index (χ1v) is 6.52. The van der Waals surface area contributed by atoms with Crippen molar-refractivity contribution >= 4 is 11.8 Å². The lowest BCUT2D eigenvalue weighted by Crippen LogP contribution is -2.12. The maximum Gasteiger partial charge on any atom is 0.0289 e. The van der Waals surface area contributed by atoms with Crippen LogP contribution in [-0.4, -0.2) is 12.8 Å². The molecule has 0 heterocycles. The molecule has 0 fully saturated rings. The predicted molar refractivity (Wildman–Crippen MR) is 69.5 cm³/mol. The highest BCUT2D eigenvalue weighted by Crippen LogP contribution is 2.23. The van der Waals surface area contributed by atoms with Crippen LogP contribution in [0.5, 0.6) is 0 Å². The van der Waals surface area contributed by atoms with Gasteiger partial charge in [-0.1, -0.05) is 26.0 Å². The Hall–Kier alpha value is -0.470. The molecule has 0 bridgehead atoms. The zero-order valence-electron chi connectivity index (χ0n) is 10.1. The van der Waals surface area contributed by atoms with Gasteiger partial charge in [0, 0.05) is 16.7 Å². The van der Waals surface area contributed by atoms with E-state index in [1.807, 2.05) is 18.8 Å². The Kier molecular flexibility index (Phi) is 5.20. The molecule has 1 aromatic rings. The minimum absolute atomic E-state index is 0.435. The monoisotopic (exact) mass is 223 g/mol. The largest absolute Gasteiger partial charge is 0.313 e. The van der Waals surface area contributed by atoms with E-state index in [-0.39, 0.29) is 0 Å². The van der Waals surface area contributed by atoms with Crippen molar-refractivity contribution in [1.29, 1.82) is 0 Å². The highest BCUT2D eigenvalue weighted by Gasteiger charge is 2.03. The Morgan fingerprint density at radius 1 is 1.27 bits per heavy atom. The van der Waals surface area contributed by atoms with Gasteiger partial charge in [-0.05, 0) is 37.6 Å². The summed E-state index contributed by atoms with van der Waals surface area (Å²) in [5.74, 6) is 1.94. The molecule has 0 amide bonds. The molecule has 0 saturated carbocycles. The summed E-state index contributed by atoms with van der Waals surface area (Å²) < 4.78 is 0. The van der Waals surface area contributed by atoms with Crippen LogP contribution in [0.1, 0.15) is 32.4 Å². The zero-order valence-corrected chi connectivity index (χ0v) is 10.9. The van der Waals surface area contributed by atoms with Gasteiger partial charge < -0.3 is 5.32 Å². The molecule has 1 atom stereocenters. The van der Waals surface area contributed by atoms with Crippen molar-refractivity contribution in [3.05, 3.63) is 29.8 Å². The lowest BCUT2D eigenvalue weighted by atomic mass is 10.1. The standard InChI is InChI=1S/C13H21NS/c1-10(2)9-15-13-7-5-6-12(8-13)11(3)14-4/h5-8,10-11,14H,9H2,1-4H3. The summed E-state index contributed by atoms with van der Waals surface area (Å²) in [4.78, 5) is 1.38. The molecule has 0 spiro atoms. The Labute approximate surface area is 97.7 Å². The van der Waals surface area contributed by atoms with Gasteiger partial charge in [-0.15, -0.1) is 11.8 Å². The lowest BCUT2D eigenvalue weighted by Gasteiger charge is -2.12. The lowest BCUT2D eigenvalue weighted by molar-refractivity contribution is 0.651. The second kappa shape index (κ2) is 6.19. The van der Waals surface area contributed by atoms with Crippen molar-refractivity contribution in [1.82, 2.24) is 5.32 Å². The third-order valence-corrected chi connectivity index (χ3v) is 3.80. The van der Waals surface area contributed by atoms with E-state index in [0.29, 0.717) is 6.04 Å². The van der Waals surface area contributed by atoms with Gasteiger partial charge in [0.05, 0.1) is 0 Å². The Bertz CT molecular complexity index is 296. The SMILES string of the molecule is CNC(C)c1cccc(SCC(C)C)c1. The highest BCUT2D eigenvalue weighted by atomic mass is 32.2. The topological polar surface area (TPSA) is 12.0 Å². The van der Waals surface area contributed by atoms with Crippen LogP contribution in [0.2, 0.25) is 0 Å². The maximum absolute atomic E-state index is 3.26. The van der Waals surface area contributed by atoms with Gasteiger partial charge in [0.2, 0.25) is 0 Å². The quantitative estimate of drug-likeness (QED) is 0.764. The van der Waals surface area contributed by atoms with Crippen LogP contribution in [0.15, 0.2) is 29.2 Å². The first kappa shape index (κ1) is 12.6.